The number of ether oxygens (including phenoxy) is 2. The van der Waals surface area contributed by atoms with E-state index in [-0.39, 0.29) is 18.9 Å². The summed E-state index contributed by atoms with van der Waals surface area (Å²) in [6.07, 6.45) is 0. The van der Waals surface area contributed by atoms with Gasteiger partial charge in [0.1, 0.15) is 19.0 Å². The van der Waals surface area contributed by atoms with Crippen molar-refractivity contribution in [3.63, 3.8) is 0 Å². The second-order valence-electron chi connectivity index (χ2n) is 4.41. The Morgan fingerprint density at radius 2 is 2.19 bits per heavy atom. The fraction of sp³-hybridized carbons (Fsp3) is 0.286. The molecule has 0 saturated carbocycles. The highest BCUT2D eigenvalue weighted by Crippen LogP contribution is 2.18. The van der Waals surface area contributed by atoms with Crippen molar-refractivity contribution in [1.29, 1.82) is 0 Å². The Bertz CT molecular complexity index is 655. The summed E-state index contributed by atoms with van der Waals surface area (Å²) in [4.78, 5) is 11.9. The van der Waals surface area contributed by atoms with Crippen LogP contribution in [0.15, 0.2) is 28.7 Å². The van der Waals surface area contributed by atoms with Gasteiger partial charge in [-0.05, 0) is 25.1 Å². The van der Waals surface area contributed by atoms with E-state index in [1.165, 1.54) is 4.68 Å². The van der Waals surface area contributed by atoms with E-state index in [0.29, 0.717) is 17.1 Å². The number of hydrogen-bond donors (Lipinski definition) is 1. The van der Waals surface area contributed by atoms with Crippen molar-refractivity contribution in [3.05, 3.63) is 40.1 Å². The number of aromatic nitrogens is 2. The van der Waals surface area contributed by atoms with Crippen LogP contribution in [0.5, 0.6) is 5.75 Å². The first-order valence-corrected chi connectivity index (χ1v) is 7.13. The van der Waals surface area contributed by atoms with Gasteiger partial charge < -0.3 is 15.2 Å². The summed E-state index contributed by atoms with van der Waals surface area (Å²) in [6, 6.07) is 7.43. The van der Waals surface area contributed by atoms with Crippen LogP contribution in [0.25, 0.3) is 0 Å². The van der Waals surface area contributed by atoms with Gasteiger partial charge in [-0.2, -0.15) is 5.10 Å². The highest BCUT2D eigenvalue weighted by Gasteiger charge is 2.19. The van der Waals surface area contributed by atoms with E-state index in [4.69, 9.17) is 15.2 Å². The summed E-state index contributed by atoms with van der Waals surface area (Å²) in [5.41, 5.74) is 7.00. The second-order valence-corrected chi connectivity index (χ2v) is 5.33. The molecule has 21 heavy (non-hydrogen) atoms. The highest BCUT2D eigenvalue weighted by atomic mass is 79.9. The summed E-state index contributed by atoms with van der Waals surface area (Å²) in [7, 11) is 1.65. The molecular formula is C14H16BrN3O3. The van der Waals surface area contributed by atoms with Crippen LogP contribution in [0.1, 0.15) is 16.2 Å². The molecule has 0 spiro atoms. The topological polar surface area (TPSA) is 79.4 Å². The molecule has 1 heterocycles. The molecule has 6 nitrogen and oxygen atoms in total. The number of hydrogen-bond acceptors (Lipinski definition) is 5. The van der Waals surface area contributed by atoms with E-state index in [2.05, 4.69) is 21.0 Å². The molecule has 112 valence electrons. The number of esters is 1. The van der Waals surface area contributed by atoms with Gasteiger partial charge in [-0.3, -0.25) is 4.68 Å². The number of carbonyl (C=O) groups is 1. The van der Waals surface area contributed by atoms with Crippen LogP contribution in [0, 0.1) is 6.92 Å². The van der Waals surface area contributed by atoms with Crippen molar-refractivity contribution in [3.8, 4) is 5.75 Å². The van der Waals surface area contributed by atoms with Crippen molar-refractivity contribution in [2.45, 2.75) is 6.92 Å². The van der Waals surface area contributed by atoms with E-state index in [1.54, 1.807) is 14.0 Å². The number of nitrogen functional groups attached to an aromatic ring is 1. The maximum atomic E-state index is 11.9. The average molecular weight is 354 g/mol. The minimum atomic E-state index is -0.506. The Labute approximate surface area is 131 Å². The smallest absolute Gasteiger partial charge is 0.358 e. The van der Waals surface area contributed by atoms with Crippen LogP contribution >= 0.6 is 15.9 Å². The zero-order valence-corrected chi connectivity index (χ0v) is 13.4. The van der Waals surface area contributed by atoms with Gasteiger partial charge in [0.15, 0.2) is 5.69 Å². The van der Waals surface area contributed by atoms with Gasteiger partial charge in [0.2, 0.25) is 0 Å². The molecule has 0 aliphatic rings. The maximum Gasteiger partial charge on any atom is 0.358 e. The lowest BCUT2D eigenvalue weighted by Crippen LogP contribution is -2.16. The summed E-state index contributed by atoms with van der Waals surface area (Å²) in [6.45, 7) is 2.14. The molecule has 0 bridgehead atoms. The van der Waals surface area contributed by atoms with Gasteiger partial charge in [0.25, 0.3) is 0 Å². The van der Waals surface area contributed by atoms with Crippen molar-refractivity contribution < 1.29 is 14.3 Å². The van der Waals surface area contributed by atoms with Crippen LogP contribution in [0.3, 0.4) is 0 Å². The molecule has 0 fully saturated rings. The molecule has 0 aliphatic carbocycles. The van der Waals surface area contributed by atoms with Crippen LogP contribution in [-0.2, 0) is 11.8 Å². The summed E-state index contributed by atoms with van der Waals surface area (Å²) in [5.74, 6) is 0.199. The van der Waals surface area contributed by atoms with Gasteiger partial charge in [-0.15, -0.1) is 0 Å². The molecule has 0 aliphatic heterocycles. The van der Waals surface area contributed by atoms with Crippen LogP contribution in [0.4, 0.5) is 5.69 Å². The molecule has 2 rings (SSSR count). The Morgan fingerprint density at radius 1 is 1.43 bits per heavy atom. The molecule has 0 amide bonds. The maximum absolute atomic E-state index is 11.9. The van der Waals surface area contributed by atoms with Crippen molar-refractivity contribution in [1.82, 2.24) is 9.78 Å². The average Bonchev–Trinajstić information content (AvgIpc) is 2.68. The predicted molar refractivity (Wildman–Crippen MR) is 82.3 cm³/mol. The zero-order valence-electron chi connectivity index (χ0n) is 11.8. The lowest BCUT2D eigenvalue weighted by Gasteiger charge is -2.08. The fourth-order valence-electron chi connectivity index (χ4n) is 1.84. The molecule has 2 aromatic rings. The standard InChI is InChI=1S/C14H16BrN3O3/c1-9-12(16)13(18(2)17-9)14(19)21-7-6-20-11-5-3-4-10(15)8-11/h3-5,8H,6-7,16H2,1-2H3. The van der Waals surface area contributed by atoms with E-state index in [1.807, 2.05) is 24.3 Å². The molecular weight excluding hydrogens is 338 g/mol. The first kappa shape index (κ1) is 15.4. The van der Waals surface area contributed by atoms with Crippen molar-refractivity contribution >= 4 is 27.6 Å². The Kier molecular flexibility index (Phi) is 4.85. The Balaban J connectivity index is 1.85. The molecule has 1 aromatic heterocycles. The number of nitrogens with zero attached hydrogens (tertiary/aromatic N) is 2. The van der Waals surface area contributed by atoms with Crippen molar-refractivity contribution in [2.24, 2.45) is 7.05 Å². The third-order valence-electron chi connectivity index (χ3n) is 2.84. The first-order chi connectivity index (χ1) is 9.99. The second kappa shape index (κ2) is 6.62. The van der Waals surface area contributed by atoms with Gasteiger partial charge in [0.05, 0.1) is 11.4 Å². The minimum absolute atomic E-state index is 0.134. The summed E-state index contributed by atoms with van der Waals surface area (Å²) < 4.78 is 13.0. The molecule has 0 unspecified atom stereocenters. The number of carbonyl (C=O) groups excluding carboxylic acids is 1. The quantitative estimate of drug-likeness (QED) is 0.658. The predicted octanol–water partition coefficient (Wildman–Crippen LogP) is 2.31. The number of nitrogens with two attached hydrogens (primary N) is 1. The number of anilines is 1. The monoisotopic (exact) mass is 353 g/mol. The normalized spacial score (nSPS) is 10.4. The van der Waals surface area contributed by atoms with Gasteiger partial charge in [-0.1, -0.05) is 22.0 Å². The Hall–Kier alpha value is -2.02. The van der Waals surface area contributed by atoms with E-state index in [0.717, 1.165) is 4.47 Å². The molecule has 0 radical (unpaired) electrons. The van der Waals surface area contributed by atoms with E-state index < -0.39 is 5.97 Å². The lowest BCUT2D eigenvalue weighted by atomic mass is 10.3. The zero-order chi connectivity index (χ0) is 15.4. The minimum Gasteiger partial charge on any atom is -0.490 e. The van der Waals surface area contributed by atoms with E-state index >= 15 is 0 Å². The van der Waals surface area contributed by atoms with E-state index in [9.17, 15) is 4.79 Å². The number of halogens is 1. The third kappa shape index (κ3) is 3.75. The molecule has 2 N–H and O–H groups in total. The van der Waals surface area contributed by atoms with Crippen LogP contribution in [-0.4, -0.2) is 29.0 Å². The van der Waals surface area contributed by atoms with Crippen LogP contribution < -0.4 is 10.5 Å². The Morgan fingerprint density at radius 3 is 2.81 bits per heavy atom. The molecule has 0 atom stereocenters. The van der Waals surface area contributed by atoms with Gasteiger partial charge in [-0.25, -0.2) is 4.79 Å². The SMILES string of the molecule is Cc1nn(C)c(C(=O)OCCOc2cccc(Br)c2)c1N. The number of aryl methyl sites for hydroxylation is 2. The summed E-state index contributed by atoms with van der Waals surface area (Å²) >= 11 is 3.35. The van der Waals surface area contributed by atoms with Crippen molar-refractivity contribution in [2.75, 3.05) is 18.9 Å². The van der Waals surface area contributed by atoms with Gasteiger partial charge >= 0.3 is 5.97 Å². The largest absolute Gasteiger partial charge is 0.490 e. The number of rotatable bonds is 5. The highest BCUT2D eigenvalue weighted by molar-refractivity contribution is 9.10. The van der Waals surface area contributed by atoms with Crippen LogP contribution in [0.2, 0.25) is 0 Å². The molecule has 7 heteroatoms. The third-order valence-corrected chi connectivity index (χ3v) is 3.34. The molecule has 0 saturated heterocycles. The number of benzene rings is 1. The fourth-order valence-corrected chi connectivity index (χ4v) is 2.21. The summed E-state index contributed by atoms with van der Waals surface area (Å²) in [5, 5.41) is 4.07. The van der Waals surface area contributed by atoms with Gasteiger partial charge in [0, 0.05) is 11.5 Å². The first-order valence-electron chi connectivity index (χ1n) is 6.33. The lowest BCUT2D eigenvalue weighted by molar-refractivity contribution is 0.0439. The molecule has 1 aromatic carbocycles.